The van der Waals surface area contributed by atoms with E-state index in [4.69, 9.17) is 0 Å². The third kappa shape index (κ3) is 3.38. The summed E-state index contributed by atoms with van der Waals surface area (Å²) in [7, 11) is 0. The molecule has 0 radical (unpaired) electrons. The number of halogens is 1. The standard InChI is InChI=1S/C19H28FN3O2/c1-3-4-5-13(2)16(24)22-15-9-23(8-14(15)20)17(25)19(12-21)10-18(11-19)6-7-18/h13-15H,3-11H2,1-2H3,(H,22,24)/t13-,14+,15-/m1/s1. The first-order valence-corrected chi connectivity index (χ1v) is 9.50. The Morgan fingerprint density at radius 1 is 1.36 bits per heavy atom. The summed E-state index contributed by atoms with van der Waals surface area (Å²) in [5, 5.41) is 12.3. The van der Waals surface area contributed by atoms with E-state index in [1.165, 1.54) is 4.90 Å². The van der Waals surface area contributed by atoms with Gasteiger partial charge in [-0.25, -0.2) is 4.39 Å². The number of carbonyl (C=O) groups excluding carboxylic acids is 2. The number of likely N-dealkylation sites (tertiary alicyclic amines) is 1. The summed E-state index contributed by atoms with van der Waals surface area (Å²) >= 11 is 0. The van der Waals surface area contributed by atoms with Gasteiger partial charge in [0.25, 0.3) is 0 Å². The molecule has 2 amide bonds. The summed E-state index contributed by atoms with van der Waals surface area (Å²) in [4.78, 5) is 26.4. The van der Waals surface area contributed by atoms with Crippen molar-refractivity contribution in [2.75, 3.05) is 13.1 Å². The predicted octanol–water partition coefficient (Wildman–Crippen LogP) is 2.56. The van der Waals surface area contributed by atoms with Crippen molar-refractivity contribution in [3.05, 3.63) is 0 Å². The third-order valence-corrected chi connectivity index (χ3v) is 6.24. The van der Waals surface area contributed by atoms with Crippen LogP contribution < -0.4 is 5.32 Å². The number of nitrogens with zero attached hydrogens (tertiary/aromatic N) is 2. The van der Waals surface area contributed by atoms with Gasteiger partial charge in [0.05, 0.1) is 18.7 Å². The molecule has 25 heavy (non-hydrogen) atoms. The van der Waals surface area contributed by atoms with Gasteiger partial charge in [-0.1, -0.05) is 26.7 Å². The Bertz CT molecular complexity index is 588. The molecular weight excluding hydrogens is 321 g/mol. The molecule has 0 bridgehead atoms. The fourth-order valence-corrected chi connectivity index (χ4v) is 4.37. The van der Waals surface area contributed by atoms with Crippen LogP contribution in [0.3, 0.4) is 0 Å². The van der Waals surface area contributed by atoms with Gasteiger partial charge in [0.1, 0.15) is 11.6 Å². The first-order valence-electron chi connectivity index (χ1n) is 9.50. The second-order valence-electron chi connectivity index (χ2n) is 8.43. The first kappa shape index (κ1) is 18.2. The fourth-order valence-electron chi connectivity index (χ4n) is 4.37. The SMILES string of the molecule is CCCC[C@@H](C)C(=O)N[C@@H]1CN(C(=O)C2(C#N)CC3(CC3)C2)C[C@@H]1F. The van der Waals surface area contributed by atoms with Crippen molar-refractivity contribution in [1.29, 1.82) is 5.26 Å². The summed E-state index contributed by atoms with van der Waals surface area (Å²) in [6.07, 6.45) is 4.95. The van der Waals surface area contributed by atoms with Gasteiger partial charge in [-0.2, -0.15) is 5.26 Å². The summed E-state index contributed by atoms with van der Waals surface area (Å²) in [5.41, 5.74) is -0.730. The van der Waals surface area contributed by atoms with Crippen LogP contribution in [0.1, 0.15) is 58.8 Å². The minimum atomic E-state index is -1.27. The number of hydrogen-bond acceptors (Lipinski definition) is 3. The highest BCUT2D eigenvalue weighted by molar-refractivity contribution is 5.87. The quantitative estimate of drug-likeness (QED) is 0.801. The Labute approximate surface area is 148 Å². The number of amides is 2. The van der Waals surface area contributed by atoms with Crippen LogP contribution in [0.4, 0.5) is 4.39 Å². The number of rotatable bonds is 6. The van der Waals surface area contributed by atoms with E-state index in [-0.39, 0.29) is 36.2 Å². The highest BCUT2D eigenvalue weighted by Crippen LogP contribution is 2.68. The zero-order valence-corrected chi connectivity index (χ0v) is 15.2. The minimum absolute atomic E-state index is 0.0243. The van der Waals surface area contributed by atoms with E-state index < -0.39 is 17.6 Å². The highest BCUT2D eigenvalue weighted by Gasteiger charge is 2.65. The molecule has 2 saturated carbocycles. The summed E-state index contributed by atoms with van der Waals surface area (Å²) in [5.74, 6) is -0.541. The minimum Gasteiger partial charge on any atom is -0.348 e. The Morgan fingerprint density at radius 3 is 2.60 bits per heavy atom. The van der Waals surface area contributed by atoms with Crippen LogP contribution in [-0.4, -0.2) is 42.0 Å². The lowest BCUT2D eigenvalue weighted by Crippen LogP contribution is -2.51. The number of hydrogen-bond donors (Lipinski definition) is 1. The first-order chi connectivity index (χ1) is 11.8. The maximum absolute atomic E-state index is 14.4. The third-order valence-electron chi connectivity index (χ3n) is 6.24. The van der Waals surface area contributed by atoms with Crippen LogP contribution in [0, 0.1) is 28.1 Å². The van der Waals surface area contributed by atoms with Crippen molar-refractivity contribution < 1.29 is 14.0 Å². The van der Waals surface area contributed by atoms with E-state index in [0.29, 0.717) is 12.8 Å². The van der Waals surface area contributed by atoms with E-state index in [0.717, 1.165) is 32.1 Å². The molecule has 1 heterocycles. The number of nitrogens with one attached hydrogen (secondary N) is 1. The molecule has 0 aromatic rings. The van der Waals surface area contributed by atoms with Crippen molar-refractivity contribution in [3.63, 3.8) is 0 Å². The number of unbranched alkanes of at least 4 members (excludes halogenated alkanes) is 1. The largest absolute Gasteiger partial charge is 0.348 e. The zero-order valence-electron chi connectivity index (χ0n) is 15.2. The van der Waals surface area contributed by atoms with Crippen LogP contribution in [0.25, 0.3) is 0 Å². The van der Waals surface area contributed by atoms with Crippen LogP contribution in [0.15, 0.2) is 0 Å². The van der Waals surface area contributed by atoms with E-state index in [2.05, 4.69) is 18.3 Å². The van der Waals surface area contributed by atoms with Gasteiger partial charge in [-0.15, -0.1) is 0 Å². The highest BCUT2D eigenvalue weighted by atomic mass is 19.1. The molecule has 1 N–H and O–H groups in total. The monoisotopic (exact) mass is 349 g/mol. The van der Waals surface area contributed by atoms with Crippen LogP contribution in [-0.2, 0) is 9.59 Å². The van der Waals surface area contributed by atoms with Gasteiger partial charge >= 0.3 is 0 Å². The van der Waals surface area contributed by atoms with Crippen LogP contribution >= 0.6 is 0 Å². The second kappa shape index (κ2) is 6.59. The van der Waals surface area contributed by atoms with Gasteiger partial charge in [-0.3, -0.25) is 9.59 Å². The van der Waals surface area contributed by atoms with Crippen LogP contribution in [0.2, 0.25) is 0 Å². The molecule has 138 valence electrons. The fraction of sp³-hybridized carbons (Fsp3) is 0.842. The lowest BCUT2D eigenvalue weighted by Gasteiger charge is -2.43. The predicted molar refractivity (Wildman–Crippen MR) is 91.0 cm³/mol. The number of nitriles is 1. The maximum Gasteiger partial charge on any atom is 0.243 e. The lowest BCUT2D eigenvalue weighted by atomic mass is 9.59. The maximum atomic E-state index is 14.4. The molecular formula is C19H28FN3O2. The molecule has 1 saturated heterocycles. The zero-order chi connectivity index (χ0) is 18.2. The average molecular weight is 349 g/mol. The smallest absolute Gasteiger partial charge is 0.243 e. The van der Waals surface area contributed by atoms with Crippen molar-refractivity contribution in [2.24, 2.45) is 16.7 Å². The lowest BCUT2D eigenvalue weighted by molar-refractivity contribution is -0.146. The molecule has 3 fully saturated rings. The second-order valence-corrected chi connectivity index (χ2v) is 8.43. The van der Waals surface area contributed by atoms with Crippen molar-refractivity contribution in [1.82, 2.24) is 10.2 Å². The van der Waals surface area contributed by atoms with E-state index in [1.807, 2.05) is 6.92 Å². The van der Waals surface area contributed by atoms with Crippen molar-refractivity contribution in [2.45, 2.75) is 71.0 Å². The Kier molecular flexibility index (Phi) is 4.78. The molecule has 6 heteroatoms. The van der Waals surface area contributed by atoms with Crippen molar-refractivity contribution >= 4 is 11.8 Å². The molecule has 0 unspecified atom stereocenters. The van der Waals surface area contributed by atoms with Crippen LogP contribution in [0.5, 0.6) is 0 Å². The topological polar surface area (TPSA) is 73.2 Å². The summed E-state index contributed by atoms with van der Waals surface area (Å²) < 4.78 is 14.4. The van der Waals surface area contributed by atoms with Gasteiger partial charge in [0.2, 0.25) is 11.8 Å². The average Bonchev–Trinajstić information content (AvgIpc) is 3.28. The van der Waals surface area contributed by atoms with Crippen molar-refractivity contribution in [3.8, 4) is 6.07 Å². The van der Waals surface area contributed by atoms with Gasteiger partial charge in [0, 0.05) is 12.5 Å². The van der Waals surface area contributed by atoms with E-state index in [9.17, 15) is 19.2 Å². The summed E-state index contributed by atoms with van der Waals surface area (Å²) in [6, 6.07) is 1.54. The molecule has 3 atom stereocenters. The molecule has 3 rings (SSSR count). The Hall–Kier alpha value is -1.64. The molecule has 0 aromatic carbocycles. The number of carbonyl (C=O) groups is 2. The summed E-state index contributed by atoms with van der Waals surface area (Å²) in [6.45, 7) is 4.07. The van der Waals surface area contributed by atoms with Gasteiger partial charge < -0.3 is 10.2 Å². The normalized spacial score (nSPS) is 29.6. The molecule has 0 aromatic heterocycles. The molecule has 1 spiro atoms. The Morgan fingerprint density at radius 2 is 2.04 bits per heavy atom. The molecule has 5 nitrogen and oxygen atoms in total. The number of alkyl halides is 1. The molecule has 1 aliphatic heterocycles. The van der Waals surface area contributed by atoms with Gasteiger partial charge in [-0.05, 0) is 37.5 Å². The molecule has 2 aliphatic carbocycles. The van der Waals surface area contributed by atoms with Gasteiger partial charge in [0.15, 0.2) is 0 Å². The van der Waals surface area contributed by atoms with E-state index in [1.54, 1.807) is 0 Å². The molecule has 3 aliphatic rings. The Balaban J connectivity index is 1.55. The van der Waals surface area contributed by atoms with E-state index >= 15 is 0 Å².